The fourth-order valence-electron chi connectivity index (χ4n) is 3.29. The van der Waals surface area contributed by atoms with E-state index in [4.69, 9.17) is 0 Å². The average molecular weight is 302 g/mol. The van der Waals surface area contributed by atoms with Gasteiger partial charge in [0.05, 0.1) is 12.6 Å². The van der Waals surface area contributed by atoms with Gasteiger partial charge in [0, 0.05) is 25.0 Å². The first-order chi connectivity index (χ1) is 10.7. The molecule has 22 heavy (non-hydrogen) atoms. The Kier molecular flexibility index (Phi) is 4.87. The molecule has 2 aromatic heterocycles. The SMILES string of the molecule is CC(C)Cn1ncnc1CNC1CCCCC1n1cccn1. The van der Waals surface area contributed by atoms with Gasteiger partial charge in [-0.2, -0.15) is 10.2 Å². The van der Waals surface area contributed by atoms with Crippen molar-refractivity contribution in [3.63, 3.8) is 0 Å². The summed E-state index contributed by atoms with van der Waals surface area (Å²) in [5.74, 6) is 1.60. The fourth-order valence-corrected chi connectivity index (χ4v) is 3.29. The van der Waals surface area contributed by atoms with Gasteiger partial charge in [-0.3, -0.25) is 4.68 Å². The highest BCUT2D eigenvalue weighted by Crippen LogP contribution is 2.28. The molecular formula is C16H26N6. The van der Waals surface area contributed by atoms with Crippen LogP contribution in [0.2, 0.25) is 0 Å². The molecule has 6 heteroatoms. The quantitative estimate of drug-likeness (QED) is 0.890. The van der Waals surface area contributed by atoms with Crippen LogP contribution in [0.3, 0.4) is 0 Å². The maximum atomic E-state index is 4.44. The minimum atomic E-state index is 0.449. The van der Waals surface area contributed by atoms with Crippen molar-refractivity contribution in [3.05, 3.63) is 30.6 Å². The number of hydrogen-bond acceptors (Lipinski definition) is 4. The molecule has 3 rings (SSSR count). The molecule has 1 aliphatic rings. The Hall–Kier alpha value is -1.69. The minimum absolute atomic E-state index is 0.449. The van der Waals surface area contributed by atoms with Gasteiger partial charge in [0.1, 0.15) is 12.2 Å². The maximum absolute atomic E-state index is 4.44. The summed E-state index contributed by atoms with van der Waals surface area (Å²) in [5, 5.41) is 12.5. The van der Waals surface area contributed by atoms with E-state index in [1.807, 2.05) is 16.9 Å². The van der Waals surface area contributed by atoms with E-state index in [0.29, 0.717) is 18.0 Å². The third kappa shape index (κ3) is 3.55. The zero-order chi connectivity index (χ0) is 15.4. The molecule has 0 radical (unpaired) electrons. The van der Waals surface area contributed by atoms with Crippen molar-refractivity contribution in [2.75, 3.05) is 0 Å². The first-order valence-corrected chi connectivity index (χ1v) is 8.33. The average Bonchev–Trinajstić information content (AvgIpc) is 3.16. The van der Waals surface area contributed by atoms with Gasteiger partial charge < -0.3 is 5.32 Å². The van der Waals surface area contributed by atoms with E-state index in [2.05, 4.69) is 45.2 Å². The summed E-state index contributed by atoms with van der Waals surface area (Å²) < 4.78 is 4.12. The van der Waals surface area contributed by atoms with E-state index < -0.39 is 0 Å². The molecule has 1 fully saturated rings. The lowest BCUT2D eigenvalue weighted by molar-refractivity contribution is 0.243. The molecule has 2 heterocycles. The smallest absolute Gasteiger partial charge is 0.140 e. The largest absolute Gasteiger partial charge is 0.305 e. The summed E-state index contributed by atoms with van der Waals surface area (Å²) in [6.07, 6.45) is 10.6. The third-order valence-electron chi connectivity index (χ3n) is 4.35. The first-order valence-electron chi connectivity index (χ1n) is 8.33. The van der Waals surface area contributed by atoms with Crippen LogP contribution in [0.5, 0.6) is 0 Å². The molecular weight excluding hydrogens is 276 g/mol. The van der Waals surface area contributed by atoms with E-state index >= 15 is 0 Å². The van der Waals surface area contributed by atoms with Crippen molar-refractivity contribution < 1.29 is 0 Å². The highest BCUT2D eigenvalue weighted by Gasteiger charge is 2.26. The molecule has 0 aliphatic heterocycles. The van der Waals surface area contributed by atoms with Gasteiger partial charge in [0.2, 0.25) is 0 Å². The second-order valence-corrected chi connectivity index (χ2v) is 6.58. The van der Waals surface area contributed by atoms with E-state index in [-0.39, 0.29) is 0 Å². The first kappa shape index (κ1) is 15.2. The van der Waals surface area contributed by atoms with Crippen LogP contribution in [0.4, 0.5) is 0 Å². The molecule has 120 valence electrons. The molecule has 0 saturated heterocycles. The van der Waals surface area contributed by atoms with Gasteiger partial charge in [-0.25, -0.2) is 9.67 Å². The van der Waals surface area contributed by atoms with Crippen molar-refractivity contribution >= 4 is 0 Å². The van der Waals surface area contributed by atoms with Crippen LogP contribution in [0.25, 0.3) is 0 Å². The summed E-state index contributed by atoms with van der Waals surface area (Å²) in [4.78, 5) is 4.41. The van der Waals surface area contributed by atoms with Gasteiger partial charge in [0.15, 0.2) is 0 Å². The van der Waals surface area contributed by atoms with E-state index in [9.17, 15) is 0 Å². The molecule has 1 N–H and O–H groups in total. The van der Waals surface area contributed by atoms with Crippen LogP contribution in [-0.4, -0.2) is 30.6 Å². The number of aromatic nitrogens is 5. The molecule has 0 spiro atoms. The number of hydrogen-bond donors (Lipinski definition) is 1. The van der Waals surface area contributed by atoms with Crippen LogP contribution < -0.4 is 5.32 Å². The Balaban J connectivity index is 1.63. The topological polar surface area (TPSA) is 60.6 Å². The van der Waals surface area contributed by atoms with Crippen molar-refractivity contribution in [2.45, 2.75) is 64.7 Å². The summed E-state index contributed by atoms with van der Waals surface area (Å²) >= 11 is 0. The highest BCUT2D eigenvalue weighted by molar-refractivity contribution is 4.92. The lowest BCUT2D eigenvalue weighted by Gasteiger charge is -2.32. The lowest BCUT2D eigenvalue weighted by Crippen LogP contribution is -2.40. The van der Waals surface area contributed by atoms with Crippen LogP contribution in [0.15, 0.2) is 24.8 Å². The monoisotopic (exact) mass is 302 g/mol. The Bertz CT molecular complexity index is 559. The summed E-state index contributed by atoms with van der Waals surface area (Å²) in [6.45, 7) is 6.10. The Morgan fingerprint density at radius 3 is 2.91 bits per heavy atom. The normalized spacial score (nSPS) is 22.3. The van der Waals surface area contributed by atoms with Crippen molar-refractivity contribution in [1.82, 2.24) is 29.9 Å². The van der Waals surface area contributed by atoms with Crippen molar-refractivity contribution in [1.29, 1.82) is 0 Å². The molecule has 2 aromatic rings. The molecule has 0 aromatic carbocycles. The number of nitrogens with zero attached hydrogens (tertiary/aromatic N) is 5. The van der Waals surface area contributed by atoms with Crippen molar-refractivity contribution in [3.8, 4) is 0 Å². The Morgan fingerprint density at radius 2 is 2.14 bits per heavy atom. The van der Waals surface area contributed by atoms with Crippen LogP contribution in [0, 0.1) is 5.92 Å². The fraction of sp³-hybridized carbons (Fsp3) is 0.688. The van der Waals surface area contributed by atoms with E-state index in [1.54, 1.807) is 6.33 Å². The van der Waals surface area contributed by atoms with Crippen LogP contribution in [0.1, 0.15) is 51.4 Å². The molecule has 1 saturated carbocycles. The number of nitrogens with one attached hydrogen (secondary N) is 1. The van der Waals surface area contributed by atoms with Crippen LogP contribution >= 0.6 is 0 Å². The predicted molar refractivity (Wildman–Crippen MR) is 85.2 cm³/mol. The molecule has 1 aliphatic carbocycles. The Morgan fingerprint density at radius 1 is 1.27 bits per heavy atom. The van der Waals surface area contributed by atoms with E-state index in [0.717, 1.165) is 18.9 Å². The Labute approximate surface area is 131 Å². The maximum Gasteiger partial charge on any atom is 0.140 e. The van der Waals surface area contributed by atoms with Gasteiger partial charge in [-0.15, -0.1) is 0 Å². The molecule has 6 nitrogen and oxygen atoms in total. The molecule has 0 bridgehead atoms. The van der Waals surface area contributed by atoms with E-state index in [1.165, 1.54) is 25.7 Å². The minimum Gasteiger partial charge on any atom is -0.305 e. The molecule has 0 amide bonds. The zero-order valence-electron chi connectivity index (χ0n) is 13.5. The molecule has 2 unspecified atom stereocenters. The second-order valence-electron chi connectivity index (χ2n) is 6.58. The highest BCUT2D eigenvalue weighted by atomic mass is 15.3. The third-order valence-corrected chi connectivity index (χ3v) is 4.35. The second kappa shape index (κ2) is 7.05. The van der Waals surface area contributed by atoms with Crippen molar-refractivity contribution in [2.24, 2.45) is 5.92 Å². The summed E-state index contributed by atoms with van der Waals surface area (Å²) in [6, 6.07) is 2.91. The number of rotatable bonds is 6. The van der Waals surface area contributed by atoms with Gasteiger partial charge in [0.25, 0.3) is 0 Å². The summed E-state index contributed by atoms with van der Waals surface area (Å²) in [5.41, 5.74) is 0. The van der Waals surface area contributed by atoms with Gasteiger partial charge >= 0.3 is 0 Å². The van der Waals surface area contributed by atoms with Crippen LogP contribution in [-0.2, 0) is 13.1 Å². The van der Waals surface area contributed by atoms with Gasteiger partial charge in [-0.1, -0.05) is 26.7 Å². The standard InChI is InChI=1S/C16H26N6/c1-13(2)11-22-16(18-12-20-22)10-17-14-6-3-4-7-15(14)21-9-5-8-19-21/h5,8-9,12-15,17H,3-4,6-7,10-11H2,1-2H3. The zero-order valence-corrected chi connectivity index (χ0v) is 13.5. The molecule has 2 atom stereocenters. The predicted octanol–water partition coefficient (Wildman–Crippen LogP) is 2.40. The lowest BCUT2D eigenvalue weighted by atomic mass is 9.90. The van der Waals surface area contributed by atoms with Gasteiger partial charge in [-0.05, 0) is 24.8 Å². The summed E-state index contributed by atoms with van der Waals surface area (Å²) in [7, 11) is 0.